The molecule has 7 nitrogen and oxygen atoms in total. The van der Waals surface area contributed by atoms with Crippen molar-refractivity contribution in [3.05, 3.63) is 75.9 Å². The van der Waals surface area contributed by atoms with Gasteiger partial charge in [-0.2, -0.15) is 5.10 Å². The monoisotopic (exact) mass is 371 g/mol. The number of nitro groups is 1. The summed E-state index contributed by atoms with van der Waals surface area (Å²) in [6, 6.07) is 10.5. The summed E-state index contributed by atoms with van der Waals surface area (Å²) in [5.41, 5.74) is 6.91. The zero-order chi connectivity index (χ0) is 18.7. The molecular weight excluding hydrogens is 357 g/mol. The van der Waals surface area contributed by atoms with Crippen molar-refractivity contribution >= 4 is 29.6 Å². The molecule has 1 heterocycles. The summed E-state index contributed by atoms with van der Waals surface area (Å²) in [5, 5.41) is 15.6. The highest BCUT2D eigenvalue weighted by Gasteiger charge is 2.15. The summed E-state index contributed by atoms with van der Waals surface area (Å²) in [5.74, 6) is -0.124. The van der Waals surface area contributed by atoms with Gasteiger partial charge in [0.1, 0.15) is 5.82 Å². The molecule has 26 heavy (non-hydrogen) atoms. The van der Waals surface area contributed by atoms with Gasteiger partial charge in [-0.15, -0.1) is 0 Å². The number of nitrogens with two attached hydrogens (primary N) is 1. The summed E-state index contributed by atoms with van der Waals surface area (Å²) in [6.07, 6.45) is 3.12. The van der Waals surface area contributed by atoms with Crippen LogP contribution in [0.3, 0.4) is 0 Å². The van der Waals surface area contributed by atoms with Gasteiger partial charge >= 0.3 is 0 Å². The van der Waals surface area contributed by atoms with Crippen LogP contribution in [0.1, 0.15) is 11.3 Å². The first-order chi connectivity index (χ1) is 12.4. The number of imidazole rings is 1. The maximum absolute atomic E-state index is 13.0. The second-order valence-corrected chi connectivity index (χ2v) is 6.49. The molecule has 0 saturated carbocycles. The van der Waals surface area contributed by atoms with Crippen molar-refractivity contribution in [1.29, 1.82) is 0 Å². The SMILES string of the molecule is Cc1cn(N=Cc2ccc(Sc3ccc(F)cc3)c([N+](=O)[O-])c2)c(N)n1. The molecule has 132 valence electrons. The normalized spacial score (nSPS) is 11.2. The standard InChI is InChI=1S/C17H14FN5O2S/c1-11-10-22(17(19)21-11)20-9-12-2-7-16(15(8-12)23(24)25)26-14-5-3-13(18)4-6-14/h2-10H,1H3,(H2,19,21). The lowest BCUT2D eigenvalue weighted by atomic mass is 10.2. The molecule has 3 aromatic rings. The van der Waals surface area contributed by atoms with Crippen molar-refractivity contribution in [3.8, 4) is 0 Å². The van der Waals surface area contributed by atoms with Crippen LogP contribution in [0.5, 0.6) is 0 Å². The van der Waals surface area contributed by atoms with Crippen molar-refractivity contribution in [2.45, 2.75) is 16.7 Å². The number of nitro benzene ring substituents is 1. The van der Waals surface area contributed by atoms with Crippen molar-refractivity contribution in [2.75, 3.05) is 5.73 Å². The Bertz CT molecular complexity index is 985. The van der Waals surface area contributed by atoms with E-state index in [0.717, 1.165) is 5.69 Å². The van der Waals surface area contributed by atoms with Gasteiger partial charge in [0.05, 0.1) is 27.9 Å². The maximum atomic E-state index is 13.0. The molecule has 3 rings (SSSR count). The van der Waals surface area contributed by atoms with E-state index in [1.165, 1.54) is 40.9 Å². The smallest absolute Gasteiger partial charge is 0.283 e. The van der Waals surface area contributed by atoms with E-state index in [1.807, 2.05) is 0 Å². The summed E-state index contributed by atoms with van der Waals surface area (Å²) in [7, 11) is 0. The molecule has 0 fully saturated rings. The van der Waals surface area contributed by atoms with Crippen LogP contribution in [0.15, 0.2) is 63.6 Å². The van der Waals surface area contributed by atoms with E-state index in [0.29, 0.717) is 15.4 Å². The molecule has 0 atom stereocenters. The third kappa shape index (κ3) is 4.06. The van der Waals surface area contributed by atoms with Crippen LogP contribution in [0, 0.1) is 22.9 Å². The molecule has 0 aliphatic rings. The Labute approximate surface area is 152 Å². The van der Waals surface area contributed by atoms with Crippen molar-refractivity contribution in [3.63, 3.8) is 0 Å². The first-order valence-corrected chi connectivity index (χ1v) is 8.32. The summed E-state index contributed by atoms with van der Waals surface area (Å²) >= 11 is 1.19. The van der Waals surface area contributed by atoms with E-state index < -0.39 is 4.92 Å². The van der Waals surface area contributed by atoms with Gasteiger partial charge in [0.2, 0.25) is 5.95 Å². The van der Waals surface area contributed by atoms with Crippen molar-refractivity contribution in [1.82, 2.24) is 9.66 Å². The second-order valence-electron chi connectivity index (χ2n) is 5.37. The molecule has 2 N–H and O–H groups in total. The largest absolute Gasteiger partial charge is 0.368 e. The van der Waals surface area contributed by atoms with Gasteiger partial charge in [0.25, 0.3) is 5.69 Å². The lowest BCUT2D eigenvalue weighted by molar-refractivity contribution is -0.387. The van der Waals surface area contributed by atoms with Gasteiger partial charge in [-0.1, -0.05) is 17.8 Å². The number of nitrogen functional groups attached to an aromatic ring is 1. The summed E-state index contributed by atoms with van der Waals surface area (Å²) in [4.78, 5) is 16.1. The molecule has 1 aromatic heterocycles. The van der Waals surface area contributed by atoms with Gasteiger partial charge in [-0.25, -0.2) is 14.1 Å². The van der Waals surface area contributed by atoms with Gasteiger partial charge in [-0.05, 0) is 37.3 Å². The fraction of sp³-hybridized carbons (Fsp3) is 0.0588. The topological polar surface area (TPSA) is 99.3 Å². The molecule has 0 amide bonds. The van der Waals surface area contributed by atoms with Gasteiger partial charge in [-0.3, -0.25) is 10.1 Å². The molecule has 0 aliphatic carbocycles. The molecule has 0 spiro atoms. The third-order valence-corrected chi connectivity index (χ3v) is 4.46. The van der Waals surface area contributed by atoms with E-state index in [1.54, 1.807) is 37.4 Å². The number of anilines is 1. The van der Waals surface area contributed by atoms with E-state index in [-0.39, 0.29) is 17.5 Å². The molecule has 0 bridgehead atoms. The minimum atomic E-state index is -0.459. The number of nitrogens with zero attached hydrogens (tertiary/aromatic N) is 4. The Morgan fingerprint density at radius 3 is 2.65 bits per heavy atom. The van der Waals surface area contributed by atoms with E-state index in [2.05, 4.69) is 10.1 Å². The number of rotatable bonds is 5. The first-order valence-electron chi connectivity index (χ1n) is 7.50. The second kappa shape index (κ2) is 7.36. The Morgan fingerprint density at radius 1 is 1.31 bits per heavy atom. The van der Waals surface area contributed by atoms with Crippen LogP contribution in [0.4, 0.5) is 16.0 Å². The predicted molar refractivity (Wildman–Crippen MR) is 98.0 cm³/mol. The predicted octanol–water partition coefficient (Wildman–Crippen LogP) is 3.85. The average Bonchev–Trinajstić information content (AvgIpc) is 2.93. The number of hydrogen-bond donors (Lipinski definition) is 1. The minimum absolute atomic E-state index is 0.0574. The molecule has 2 aromatic carbocycles. The summed E-state index contributed by atoms with van der Waals surface area (Å²) in [6.45, 7) is 1.79. The zero-order valence-corrected chi connectivity index (χ0v) is 14.5. The number of benzene rings is 2. The fourth-order valence-corrected chi connectivity index (χ4v) is 3.10. The highest BCUT2D eigenvalue weighted by atomic mass is 32.2. The average molecular weight is 371 g/mol. The number of aromatic nitrogens is 2. The first kappa shape index (κ1) is 17.6. The van der Waals surface area contributed by atoms with E-state index in [4.69, 9.17) is 5.73 Å². The molecule has 0 radical (unpaired) electrons. The number of aryl methyl sites for hydroxylation is 1. The maximum Gasteiger partial charge on any atom is 0.283 e. The van der Waals surface area contributed by atoms with Crippen LogP contribution in [0.25, 0.3) is 0 Å². The van der Waals surface area contributed by atoms with Crippen LogP contribution >= 0.6 is 11.8 Å². The van der Waals surface area contributed by atoms with Crippen LogP contribution in [-0.4, -0.2) is 20.8 Å². The Hall–Kier alpha value is -3.20. The number of halogens is 1. The van der Waals surface area contributed by atoms with Crippen LogP contribution < -0.4 is 5.73 Å². The van der Waals surface area contributed by atoms with Crippen LogP contribution in [0.2, 0.25) is 0 Å². The third-order valence-electron chi connectivity index (χ3n) is 3.39. The van der Waals surface area contributed by atoms with Gasteiger partial charge in [0.15, 0.2) is 0 Å². The minimum Gasteiger partial charge on any atom is -0.368 e. The Morgan fingerprint density at radius 2 is 2.04 bits per heavy atom. The quantitative estimate of drug-likeness (QED) is 0.417. The molecule has 0 unspecified atom stereocenters. The summed E-state index contributed by atoms with van der Waals surface area (Å²) < 4.78 is 14.4. The van der Waals surface area contributed by atoms with Gasteiger partial charge in [0, 0.05) is 16.5 Å². The highest BCUT2D eigenvalue weighted by Crippen LogP contribution is 2.35. The lowest BCUT2D eigenvalue weighted by Crippen LogP contribution is -1.98. The van der Waals surface area contributed by atoms with E-state index >= 15 is 0 Å². The highest BCUT2D eigenvalue weighted by molar-refractivity contribution is 7.99. The molecular formula is C17H14FN5O2S. The molecule has 9 heteroatoms. The molecule has 0 saturated heterocycles. The zero-order valence-electron chi connectivity index (χ0n) is 13.7. The number of hydrogen-bond acceptors (Lipinski definition) is 6. The van der Waals surface area contributed by atoms with E-state index in [9.17, 15) is 14.5 Å². The fourth-order valence-electron chi connectivity index (χ4n) is 2.20. The Kier molecular flexibility index (Phi) is 4.99. The molecule has 0 aliphatic heterocycles. The lowest BCUT2D eigenvalue weighted by Gasteiger charge is -2.04. The van der Waals surface area contributed by atoms with Gasteiger partial charge < -0.3 is 5.73 Å². The van der Waals surface area contributed by atoms with Crippen LogP contribution in [-0.2, 0) is 0 Å². The van der Waals surface area contributed by atoms with Crippen molar-refractivity contribution < 1.29 is 9.31 Å². The van der Waals surface area contributed by atoms with Crippen molar-refractivity contribution in [2.24, 2.45) is 5.10 Å². The Balaban J connectivity index is 1.87.